The van der Waals surface area contributed by atoms with Gasteiger partial charge in [-0.3, -0.25) is 14.5 Å². The summed E-state index contributed by atoms with van der Waals surface area (Å²) in [5.41, 5.74) is 0.686. The maximum absolute atomic E-state index is 12.0. The minimum absolute atomic E-state index is 0.118. The molecule has 114 valence electrons. The second-order valence-electron chi connectivity index (χ2n) is 4.95. The Labute approximate surface area is 147 Å². The minimum atomic E-state index is -0.785. The van der Waals surface area contributed by atoms with E-state index in [1.54, 1.807) is 0 Å². The summed E-state index contributed by atoms with van der Waals surface area (Å²) in [6.07, 6.45) is 0.169. The summed E-state index contributed by atoms with van der Waals surface area (Å²) in [6.45, 7) is 1.58. The summed E-state index contributed by atoms with van der Waals surface area (Å²) >= 11 is 10.2. The van der Waals surface area contributed by atoms with Crippen LogP contribution >= 0.6 is 47.8 Å². The lowest BCUT2D eigenvalue weighted by molar-refractivity contribution is -0.139. The lowest BCUT2D eigenvalue weighted by atomic mass is 9.96. The van der Waals surface area contributed by atoms with Crippen molar-refractivity contribution in [2.45, 2.75) is 6.42 Å². The fourth-order valence-electron chi connectivity index (χ4n) is 2.23. The number of halogens is 3. The molecule has 0 radical (unpaired) electrons. The zero-order valence-corrected chi connectivity index (χ0v) is 15.7. The van der Waals surface area contributed by atoms with Crippen molar-refractivity contribution in [1.29, 1.82) is 0 Å². The van der Waals surface area contributed by atoms with Crippen LogP contribution in [0.4, 0.5) is 5.69 Å². The maximum atomic E-state index is 12.0. The molecule has 2 rings (SSSR count). The molecular weight excluding hydrogens is 472 g/mol. The molecule has 1 aliphatic rings. The second-order valence-corrected chi connectivity index (χ2v) is 7.57. The molecule has 0 atom stereocenters. The van der Waals surface area contributed by atoms with Gasteiger partial charge in [-0.25, -0.2) is 0 Å². The third kappa shape index (κ3) is 4.77. The van der Waals surface area contributed by atoms with Crippen LogP contribution in [0.1, 0.15) is 6.42 Å². The fourth-order valence-corrected chi connectivity index (χ4v) is 4.68. The van der Waals surface area contributed by atoms with Crippen molar-refractivity contribution < 1.29 is 14.7 Å². The van der Waals surface area contributed by atoms with E-state index in [9.17, 15) is 9.59 Å². The van der Waals surface area contributed by atoms with Crippen LogP contribution in [0.5, 0.6) is 0 Å². The van der Waals surface area contributed by atoms with Gasteiger partial charge < -0.3 is 10.4 Å². The Bertz CT molecular complexity index is 551. The quantitative estimate of drug-likeness (QED) is 0.672. The van der Waals surface area contributed by atoms with E-state index in [-0.39, 0.29) is 24.8 Å². The number of hydrogen-bond donors (Lipinski definition) is 2. The van der Waals surface area contributed by atoms with Crippen molar-refractivity contribution >= 4 is 65.4 Å². The molecule has 1 aromatic rings. The largest absolute Gasteiger partial charge is 0.481 e. The molecule has 1 heterocycles. The molecule has 21 heavy (non-hydrogen) atoms. The molecule has 0 aliphatic carbocycles. The van der Waals surface area contributed by atoms with Crippen molar-refractivity contribution in [2.75, 3.05) is 25.0 Å². The van der Waals surface area contributed by atoms with Crippen LogP contribution in [-0.2, 0) is 9.59 Å². The van der Waals surface area contributed by atoms with E-state index >= 15 is 0 Å². The molecule has 1 aliphatic heterocycles. The number of amides is 1. The highest BCUT2D eigenvalue weighted by Gasteiger charge is 2.29. The fraction of sp³-hybridized carbons (Fsp3) is 0.385. The van der Waals surface area contributed by atoms with Gasteiger partial charge in [-0.15, -0.1) is 0 Å². The van der Waals surface area contributed by atoms with Gasteiger partial charge in [-0.05, 0) is 49.9 Å². The van der Waals surface area contributed by atoms with Crippen LogP contribution in [0.3, 0.4) is 0 Å². The summed E-state index contributed by atoms with van der Waals surface area (Å²) in [4.78, 5) is 24.5. The first-order valence-corrected chi connectivity index (χ1v) is 8.61. The van der Waals surface area contributed by atoms with Gasteiger partial charge in [0, 0.05) is 26.5 Å². The molecular formula is C13H13Br3N2O3. The number of carboxylic acids is 1. The molecule has 0 aromatic heterocycles. The maximum Gasteiger partial charge on any atom is 0.303 e. The monoisotopic (exact) mass is 482 g/mol. The van der Waals surface area contributed by atoms with Crippen LogP contribution in [0, 0.1) is 5.92 Å². The molecule has 0 unspecified atom stereocenters. The van der Waals surface area contributed by atoms with Gasteiger partial charge in [-0.1, -0.05) is 15.9 Å². The third-order valence-electron chi connectivity index (χ3n) is 3.13. The standard InChI is InChI=1S/C13H13Br3N2O3/c14-8-2-9(15)13(10(16)3-8)17-11(19)6-18-4-7(5-18)1-12(20)21/h2-3,7H,1,4-6H2,(H,17,19)(H,20,21). The van der Waals surface area contributed by atoms with E-state index in [1.807, 2.05) is 17.0 Å². The number of carbonyl (C=O) groups excluding carboxylic acids is 1. The number of benzene rings is 1. The Hall–Kier alpha value is -0.440. The molecule has 0 bridgehead atoms. The van der Waals surface area contributed by atoms with E-state index in [4.69, 9.17) is 5.11 Å². The van der Waals surface area contributed by atoms with E-state index in [2.05, 4.69) is 53.1 Å². The molecule has 0 saturated carbocycles. The first-order chi connectivity index (χ1) is 9.85. The van der Waals surface area contributed by atoms with E-state index in [1.165, 1.54) is 0 Å². The molecule has 2 N–H and O–H groups in total. The average molecular weight is 485 g/mol. The summed E-state index contributed by atoms with van der Waals surface area (Å²) in [6, 6.07) is 3.71. The summed E-state index contributed by atoms with van der Waals surface area (Å²) in [5.74, 6) is -0.749. The first kappa shape index (κ1) is 16.9. The van der Waals surface area contributed by atoms with Crippen molar-refractivity contribution in [3.8, 4) is 0 Å². The number of nitrogens with zero attached hydrogens (tertiary/aromatic N) is 1. The zero-order chi connectivity index (χ0) is 15.6. The smallest absolute Gasteiger partial charge is 0.303 e. The second kappa shape index (κ2) is 7.21. The Morgan fingerprint density at radius 3 is 2.33 bits per heavy atom. The van der Waals surface area contributed by atoms with Crippen molar-refractivity contribution in [3.05, 3.63) is 25.6 Å². The van der Waals surface area contributed by atoms with Crippen LogP contribution in [-0.4, -0.2) is 41.5 Å². The number of aliphatic carboxylic acids is 1. The number of anilines is 1. The highest BCUT2D eigenvalue weighted by Crippen LogP contribution is 2.34. The number of likely N-dealkylation sites (tertiary alicyclic amines) is 1. The third-order valence-corrected chi connectivity index (χ3v) is 4.84. The number of carboxylic acid groups (broad SMARTS) is 1. The molecule has 1 saturated heterocycles. The highest BCUT2D eigenvalue weighted by atomic mass is 79.9. The summed E-state index contributed by atoms with van der Waals surface area (Å²) in [7, 11) is 0. The Kier molecular flexibility index (Phi) is 5.81. The Morgan fingerprint density at radius 2 is 1.81 bits per heavy atom. The van der Waals surface area contributed by atoms with Crippen LogP contribution in [0.15, 0.2) is 25.6 Å². The highest BCUT2D eigenvalue weighted by molar-refractivity contribution is 9.11. The van der Waals surface area contributed by atoms with Crippen molar-refractivity contribution in [1.82, 2.24) is 4.90 Å². The SMILES string of the molecule is O=C(O)CC1CN(CC(=O)Nc2c(Br)cc(Br)cc2Br)C1. The summed E-state index contributed by atoms with van der Waals surface area (Å²) < 4.78 is 2.47. The topological polar surface area (TPSA) is 69.6 Å². The first-order valence-electron chi connectivity index (χ1n) is 6.23. The Balaban J connectivity index is 1.85. The van der Waals surface area contributed by atoms with Crippen molar-refractivity contribution in [3.63, 3.8) is 0 Å². The molecule has 1 fully saturated rings. The van der Waals surface area contributed by atoms with Crippen LogP contribution in [0.25, 0.3) is 0 Å². The number of nitrogens with one attached hydrogen (secondary N) is 1. The predicted octanol–water partition coefficient (Wildman–Crippen LogP) is 3.32. The summed E-state index contributed by atoms with van der Waals surface area (Å²) in [5, 5.41) is 11.5. The number of rotatable bonds is 5. The van der Waals surface area contributed by atoms with E-state index in [0.29, 0.717) is 18.8 Å². The van der Waals surface area contributed by atoms with Crippen molar-refractivity contribution in [2.24, 2.45) is 5.92 Å². The minimum Gasteiger partial charge on any atom is -0.481 e. The molecule has 5 nitrogen and oxygen atoms in total. The molecule has 0 spiro atoms. The molecule has 1 aromatic carbocycles. The normalized spacial score (nSPS) is 15.6. The zero-order valence-electron chi connectivity index (χ0n) is 10.9. The molecule has 8 heteroatoms. The lowest BCUT2D eigenvalue weighted by Gasteiger charge is -2.37. The van der Waals surface area contributed by atoms with Gasteiger partial charge >= 0.3 is 5.97 Å². The number of carbonyl (C=O) groups is 2. The van der Waals surface area contributed by atoms with Crippen LogP contribution in [0.2, 0.25) is 0 Å². The van der Waals surface area contributed by atoms with E-state index in [0.717, 1.165) is 13.4 Å². The van der Waals surface area contributed by atoms with Gasteiger partial charge in [0.05, 0.1) is 18.7 Å². The van der Waals surface area contributed by atoms with Gasteiger partial charge in [0.15, 0.2) is 0 Å². The van der Waals surface area contributed by atoms with Gasteiger partial charge in [0.2, 0.25) is 5.91 Å². The lowest BCUT2D eigenvalue weighted by Crippen LogP contribution is -2.50. The number of hydrogen-bond acceptors (Lipinski definition) is 3. The predicted molar refractivity (Wildman–Crippen MR) is 90.4 cm³/mol. The molecule has 1 amide bonds. The van der Waals surface area contributed by atoms with E-state index < -0.39 is 5.97 Å². The van der Waals surface area contributed by atoms with Gasteiger partial charge in [0.1, 0.15) is 0 Å². The average Bonchev–Trinajstić information content (AvgIpc) is 2.30. The Morgan fingerprint density at radius 1 is 1.24 bits per heavy atom. The van der Waals surface area contributed by atoms with Gasteiger partial charge in [-0.2, -0.15) is 0 Å². The van der Waals surface area contributed by atoms with Gasteiger partial charge in [0.25, 0.3) is 0 Å². The van der Waals surface area contributed by atoms with Crippen LogP contribution < -0.4 is 5.32 Å².